The molecule has 0 aromatic heterocycles. The number of anilines is 1. The zero-order valence-electron chi connectivity index (χ0n) is 10.4. The molecule has 0 atom stereocenters. The number of hydrogen-bond donors (Lipinski definition) is 1. The molecular formula is C9H14NNaO3S. The Bertz CT molecular complexity index is 448. The van der Waals surface area contributed by atoms with Crippen LogP contribution in [0.15, 0.2) is 23.1 Å². The molecule has 0 aliphatic carbocycles. The van der Waals surface area contributed by atoms with Crippen LogP contribution in [0.25, 0.3) is 0 Å². The van der Waals surface area contributed by atoms with Crippen molar-refractivity contribution in [2.24, 2.45) is 0 Å². The zero-order chi connectivity index (χ0) is 10.9. The standard InChI is InChI=1S/C9H13NO3S.Na.H/c1-7-6-8(10(2)3)4-5-9(7)14(11,12)13;;/h4-6H,1-3H3,(H,11,12,13);;/q;+1;-1. The summed E-state index contributed by atoms with van der Waals surface area (Å²) in [4.78, 5) is 1.82. The van der Waals surface area contributed by atoms with E-state index < -0.39 is 10.1 Å². The van der Waals surface area contributed by atoms with Crippen molar-refractivity contribution in [2.75, 3.05) is 19.0 Å². The van der Waals surface area contributed by atoms with Crippen molar-refractivity contribution in [3.63, 3.8) is 0 Å². The average Bonchev–Trinajstić information content (AvgIpc) is 2.01. The molecule has 0 saturated heterocycles. The van der Waals surface area contributed by atoms with E-state index >= 15 is 0 Å². The summed E-state index contributed by atoms with van der Waals surface area (Å²) in [6.45, 7) is 1.65. The van der Waals surface area contributed by atoms with Gasteiger partial charge in [0.25, 0.3) is 10.1 Å². The monoisotopic (exact) mass is 239 g/mol. The molecule has 0 spiro atoms. The Balaban J connectivity index is 0. The van der Waals surface area contributed by atoms with Gasteiger partial charge in [-0.05, 0) is 30.7 Å². The Morgan fingerprint density at radius 3 is 2.20 bits per heavy atom. The molecule has 15 heavy (non-hydrogen) atoms. The molecule has 0 heterocycles. The summed E-state index contributed by atoms with van der Waals surface area (Å²) >= 11 is 0. The maximum Gasteiger partial charge on any atom is 1.00 e. The SMILES string of the molecule is Cc1cc(N(C)C)ccc1S(=O)(=O)O.[H-].[Na+]. The third kappa shape index (κ3) is 3.77. The molecule has 1 rings (SSSR count). The Morgan fingerprint density at radius 1 is 1.33 bits per heavy atom. The molecule has 4 nitrogen and oxygen atoms in total. The summed E-state index contributed by atoms with van der Waals surface area (Å²) in [6, 6.07) is 4.76. The van der Waals surface area contributed by atoms with Gasteiger partial charge in [0.2, 0.25) is 0 Å². The summed E-state index contributed by atoms with van der Waals surface area (Å²) in [7, 11) is -0.368. The van der Waals surface area contributed by atoms with Crippen molar-refractivity contribution in [2.45, 2.75) is 11.8 Å². The summed E-state index contributed by atoms with van der Waals surface area (Å²) in [6.07, 6.45) is 0. The molecule has 0 aliphatic rings. The molecule has 6 heteroatoms. The van der Waals surface area contributed by atoms with Gasteiger partial charge in [-0.3, -0.25) is 4.55 Å². The fourth-order valence-electron chi connectivity index (χ4n) is 1.20. The van der Waals surface area contributed by atoms with Crippen LogP contribution in [0.3, 0.4) is 0 Å². The first-order valence-corrected chi connectivity index (χ1v) is 5.52. The quantitative estimate of drug-likeness (QED) is 0.500. The molecule has 0 saturated carbocycles. The van der Waals surface area contributed by atoms with Crippen LogP contribution < -0.4 is 34.5 Å². The van der Waals surface area contributed by atoms with Crippen LogP contribution in [-0.2, 0) is 10.1 Å². The third-order valence-corrected chi connectivity index (χ3v) is 2.97. The van der Waals surface area contributed by atoms with Gasteiger partial charge in [-0.25, -0.2) is 0 Å². The van der Waals surface area contributed by atoms with Crippen LogP contribution in [0, 0.1) is 6.92 Å². The zero-order valence-corrected chi connectivity index (χ0v) is 12.2. The van der Waals surface area contributed by atoms with Crippen molar-refractivity contribution in [1.29, 1.82) is 0 Å². The molecule has 0 fully saturated rings. The second kappa shape index (κ2) is 5.32. The van der Waals surface area contributed by atoms with Gasteiger partial charge in [0.05, 0.1) is 4.90 Å². The van der Waals surface area contributed by atoms with E-state index in [1.165, 1.54) is 6.07 Å². The Kier molecular flexibility index (Phi) is 5.29. The molecule has 1 aromatic rings. The van der Waals surface area contributed by atoms with Crippen molar-refractivity contribution in [3.8, 4) is 0 Å². The van der Waals surface area contributed by atoms with Gasteiger partial charge < -0.3 is 6.33 Å². The number of nitrogens with zero attached hydrogens (tertiary/aromatic N) is 1. The van der Waals surface area contributed by atoms with Crippen molar-refractivity contribution < 1.29 is 44.0 Å². The average molecular weight is 239 g/mol. The normalized spacial score (nSPS) is 10.7. The topological polar surface area (TPSA) is 57.6 Å². The van der Waals surface area contributed by atoms with Crippen LogP contribution >= 0.6 is 0 Å². The molecule has 1 aromatic carbocycles. The number of rotatable bonds is 2. The molecule has 0 aliphatic heterocycles. The van der Waals surface area contributed by atoms with Gasteiger partial charge in [-0.1, -0.05) is 0 Å². The fraction of sp³-hybridized carbons (Fsp3) is 0.333. The van der Waals surface area contributed by atoms with E-state index in [1.54, 1.807) is 19.1 Å². The first kappa shape index (κ1) is 14.9. The molecule has 0 unspecified atom stereocenters. The predicted octanol–water partition coefficient (Wildman–Crippen LogP) is -1.58. The van der Waals surface area contributed by atoms with E-state index in [0.717, 1.165) is 5.69 Å². The van der Waals surface area contributed by atoms with E-state index in [-0.39, 0.29) is 35.9 Å². The Hall–Kier alpha value is -0.0700. The first-order chi connectivity index (χ1) is 6.32. The number of aryl methyl sites for hydroxylation is 1. The first-order valence-electron chi connectivity index (χ1n) is 4.08. The van der Waals surface area contributed by atoms with Crippen LogP contribution in [-0.4, -0.2) is 27.1 Å². The summed E-state index contributed by atoms with van der Waals surface area (Å²) in [5, 5.41) is 0. The molecule has 0 bridgehead atoms. The summed E-state index contributed by atoms with van der Waals surface area (Å²) in [5.41, 5.74) is 1.44. The van der Waals surface area contributed by atoms with Crippen LogP contribution in [0.5, 0.6) is 0 Å². The predicted molar refractivity (Wildman–Crippen MR) is 56.4 cm³/mol. The second-order valence-corrected chi connectivity index (χ2v) is 4.71. The van der Waals surface area contributed by atoms with E-state index in [9.17, 15) is 8.42 Å². The molecular weight excluding hydrogens is 225 g/mol. The molecule has 0 radical (unpaired) electrons. The van der Waals surface area contributed by atoms with Gasteiger partial charge in [0, 0.05) is 19.8 Å². The van der Waals surface area contributed by atoms with Gasteiger partial charge in [0.15, 0.2) is 0 Å². The number of benzene rings is 1. The maximum atomic E-state index is 10.9. The van der Waals surface area contributed by atoms with Crippen LogP contribution in [0.1, 0.15) is 6.99 Å². The smallest absolute Gasteiger partial charge is 1.00 e. The molecule has 0 amide bonds. The van der Waals surface area contributed by atoms with Crippen molar-refractivity contribution >= 4 is 15.8 Å². The minimum absolute atomic E-state index is 0. The second-order valence-electron chi connectivity index (χ2n) is 3.32. The fourth-order valence-corrected chi connectivity index (χ4v) is 1.91. The van der Waals surface area contributed by atoms with Gasteiger partial charge in [-0.2, -0.15) is 8.42 Å². The molecule has 1 N–H and O–H groups in total. The van der Waals surface area contributed by atoms with Gasteiger partial charge in [0.1, 0.15) is 0 Å². The minimum atomic E-state index is -4.09. The maximum absolute atomic E-state index is 10.9. The minimum Gasteiger partial charge on any atom is -1.00 e. The van der Waals surface area contributed by atoms with Gasteiger partial charge >= 0.3 is 29.6 Å². The summed E-state index contributed by atoms with van der Waals surface area (Å²) < 4.78 is 30.6. The van der Waals surface area contributed by atoms with Crippen LogP contribution in [0.2, 0.25) is 0 Å². The largest absolute Gasteiger partial charge is 1.00 e. The molecule has 80 valence electrons. The summed E-state index contributed by atoms with van der Waals surface area (Å²) in [5.74, 6) is 0. The van der Waals surface area contributed by atoms with Crippen molar-refractivity contribution in [3.05, 3.63) is 23.8 Å². The van der Waals surface area contributed by atoms with Gasteiger partial charge in [-0.15, -0.1) is 0 Å². The Morgan fingerprint density at radius 2 is 1.87 bits per heavy atom. The van der Waals surface area contributed by atoms with Crippen molar-refractivity contribution in [1.82, 2.24) is 0 Å². The number of hydrogen-bond acceptors (Lipinski definition) is 3. The van der Waals surface area contributed by atoms with E-state index in [2.05, 4.69) is 0 Å². The van der Waals surface area contributed by atoms with Crippen LogP contribution in [0.4, 0.5) is 5.69 Å². The van der Waals surface area contributed by atoms with E-state index in [0.29, 0.717) is 5.56 Å². The van der Waals surface area contributed by atoms with E-state index in [1.807, 2.05) is 19.0 Å². The van der Waals surface area contributed by atoms with E-state index in [4.69, 9.17) is 4.55 Å². The Labute approximate surface area is 114 Å². The third-order valence-electron chi connectivity index (χ3n) is 1.95.